The third-order valence-electron chi connectivity index (χ3n) is 2.90. The van der Waals surface area contributed by atoms with Gasteiger partial charge in [0, 0.05) is 13.2 Å². The molecule has 2 aromatic rings. The molecule has 2 rings (SSSR count). The molecule has 0 aliphatic carbocycles. The molecule has 0 amide bonds. The lowest BCUT2D eigenvalue weighted by Gasteiger charge is -2.07. The summed E-state index contributed by atoms with van der Waals surface area (Å²) in [5.74, 6) is 0.862. The van der Waals surface area contributed by atoms with Crippen LogP contribution in [0.5, 0.6) is 5.75 Å². The molecule has 0 radical (unpaired) electrons. The zero-order valence-electron chi connectivity index (χ0n) is 11.4. The van der Waals surface area contributed by atoms with E-state index in [1.165, 1.54) is 0 Å². The zero-order valence-corrected chi connectivity index (χ0v) is 12.3. The van der Waals surface area contributed by atoms with Crippen LogP contribution in [-0.2, 0) is 11.3 Å². The number of nitrogens with one attached hydrogen (secondary N) is 1. The van der Waals surface area contributed by atoms with Crippen LogP contribution in [0, 0.1) is 4.77 Å². The van der Waals surface area contributed by atoms with Crippen molar-refractivity contribution in [3.63, 3.8) is 0 Å². The molecule has 0 atom stereocenters. The van der Waals surface area contributed by atoms with Crippen LogP contribution >= 0.6 is 12.2 Å². The Morgan fingerprint density at radius 3 is 2.84 bits per heavy atom. The van der Waals surface area contributed by atoms with E-state index < -0.39 is 0 Å². The molecule has 0 saturated heterocycles. The van der Waals surface area contributed by atoms with Gasteiger partial charge in [-0.15, -0.1) is 0 Å². The number of benzene rings is 1. The number of aromatic amines is 1. The predicted octanol–water partition coefficient (Wildman–Crippen LogP) is 3.52. The van der Waals surface area contributed by atoms with Crippen molar-refractivity contribution in [2.45, 2.75) is 26.8 Å². The molecule has 0 saturated carbocycles. The molecule has 4 nitrogen and oxygen atoms in total. The van der Waals surface area contributed by atoms with Gasteiger partial charge in [0.25, 0.3) is 0 Å². The van der Waals surface area contributed by atoms with Gasteiger partial charge < -0.3 is 19.0 Å². The van der Waals surface area contributed by atoms with Crippen LogP contribution in [0.1, 0.15) is 20.3 Å². The van der Waals surface area contributed by atoms with Gasteiger partial charge in [-0.05, 0) is 37.7 Å². The first-order valence-corrected chi connectivity index (χ1v) is 7.10. The first-order chi connectivity index (χ1) is 9.27. The number of hydrogen-bond donors (Lipinski definition) is 1. The summed E-state index contributed by atoms with van der Waals surface area (Å²) in [5, 5.41) is 0. The van der Waals surface area contributed by atoms with Gasteiger partial charge in [-0.2, -0.15) is 0 Å². The van der Waals surface area contributed by atoms with Crippen LogP contribution in [0.3, 0.4) is 0 Å². The largest absolute Gasteiger partial charge is 0.491 e. The number of rotatable bonds is 7. The predicted molar refractivity (Wildman–Crippen MR) is 79.4 cm³/mol. The number of H-pyrrole nitrogens is 1. The molecule has 1 heterocycles. The van der Waals surface area contributed by atoms with Gasteiger partial charge in [0.05, 0.1) is 18.7 Å². The van der Waals surface area contributed by atoms with Crippen LogP contribution in [-0.4, -0.2) is 29.4 Å². The summed E-state index contributed by atoms with van der Waals surface area (Å²) in [4.78, 5) is 3.23. The SMILES string of the molecule is CCCOc1cccc2c1[nH]c(=S)n2CCOCC. The standard InChI is InChI=1S/C14H20N2O2S/c1-3-9-18-12-7-5-6-11-13(12)15-14(19)16(11)8-10-17-4-2/h5-7H,3-4,8-10H2,1-2H3,(H,15,19). The molecule has 19 heavy (non-hydrogen) atoms. The third kappa shape index (κ3) is 3.16. The number of ether oxygens (including phenoxy) is 2. The molecule has 0 aliphatic rings. The monoisotopic (exact) mass is 280 g/mol. The van der Waals surface area contributed by atoms with Crippen molar-refractivity contribution in [3.8, 4) is 5.75 Å². The van der Waals surface area contributed by atoms with Crippen LogP contribution in [0.2, 0.25) is 0 Å². The smallest absolute Gasteiger partial charge is 0.178 e. The van der Waals surface area contributed by atoms with Crippen molar-refractivity contribution >= 4 is 23.3 Å². The Morgan fingerprint density at radius 1 is 1.26 bits per heavy atom. The summed E-state index contributed by atoms with van der Waals surface area (Å²) in [6, 6.07) is 6.01. The highest BCUT2D eigenvalue weighted by Gasteiger charge is 2.08. The Balaban J connectivity index is 2.32. The average molecular weight is 280 g/mol. The third-order valence-corrected chi connectivity index (χ3v) is 3.22. The highest BCUT2D eigenvalue weighted by Crippen LogP contribution is 2.25. The average Bonchev–Trinajstić information content (AvgIpc) is 2.74. The maximum absolute atomic E-state index is 5.74. The van der Waals surface area contributed by atoms with E-state index in [0.29, 0.717) is 18.0 Å². The molecule has 0 fully saturated rings. The van der Waals surface area contributed by atoms with Gasteiger partial charge in [-0.1, -0.05) is 13.0 Å². The fourth-order valence-electron chi connectivity index (χ4n) is 2.01. The first kappa shape index (κ1) is 14.1. The van der Waals surface area contributed by atoms with Crippen molar-refractivity contribution in [3.05, 3.63) is 23.0 Å². The van der Waals surface area contributed by atoms with E-state index in [9.17, 15) is 0 Å². The fourth-order valence-corrected chi connectivity index (χ4v) is 2.30. The fraction of sp³-hybridized carbons (Fsp3) is 0.500. The van der Waals surface area contributed by atoms with E-state index in [-0.39, 0.29) is 0 Å². The van der Waals surface area contributed by atoms with Crippen LogP contribution in [0.15, 0.2) is 18.2 Å². The van der Waals surface area contributed by atoms with Crippen LogP contribution in [0.25, 0.3) is 11.0 Å². The van der Waals surface area contributed by atoms with Crippen LogP contribution < -0.4 is 4.74 Å². The van der Waals surface area contributed by atoms with Gasteiger partial charge in [-0.3, -0.25) is 0 Å². The van der Waals surface area contributed by atoms with Gasteiger partial charge in [0.2, 0.25) is 0 Å². The Labute approximate surface area is 118 Å². The molecular weight excluding hydrogens is 260 g/mol. The molecule has 0 spiro atoms. The topological polar surface area (TPSA) is 39.2 Å². The van der Waals surface area contributed by atoms with Crippen molar-refractivity contribution in [2.24, 2.45) is 0 Å². The molecule has 1 aromatic carbocycles. The van der Waals surface area contributed by atoms with Gasteiger partial charge in [-0.25, -0.2) is 0 Å². The molecule has 5 heteroatoms. The summed E-state index contributed by atoms with van der Waals surface area (Å²) >= 11 is 5.37. The van der Waals surface area contributed by atoms with Crippen LogP contribution in [0.4, 0.5) is 0 Å². The second kappa shape index (κ2) is 6.73. The normalized spacial score (nSPS) is 11.1. The van der Waals surface area contributed by atoms with E-state index in [0.717, 1.165) is 36.4 Å². The van der Waals surface area contributed by atoms with E-state index in [1.807, 2.05) is 25.1 Å². The summed E-state index contributed by atoms with van der Waals surface area (Å²) in [6.07, 6.45) is 0.988. The summed E-state index contributed by atoms with van der Waals surface area (Å²) in [6.45, 7) is 6.94. The second-order valence-electron chi connectivity index (χ2n) is 4.28. The summed E-state index contributed by atoms with van der Waals surface area (Å²) in [7, 11) is 0. The van der Waals surface area contributed by atoms with Crippen molar-refractivity contribution in [2.75, 3.05) is 19.8 Å². The summed E-state index contributed by atoms with van der Waals surface area (Å²) < 4.78 is 13.9. The molecule has 1 aromatic heterocycles. The lowest BCUT2D eigenvalue weighted by Crippen LogP contribution is -2.05. The number of fused-ring (bicyclic) bond motifs is 1. The molecule has 1 N–H and O–H groups in total. The molecular formula is C14H20N2O2S. The Kier molecular flexibility index (Phi) is 4.99. The number of aromatic nitrogens is 2. The van der Waals surface area contributed by atoms with Crippen molar-refractivity contribution < 1.29 is 9.47 Å². The van der Waals surface area contributed by atoms with E-state index >= 15 is 0 Å². The Hall–Kier alpha value is -1.33. The molecule has 104 valence electrons. The minimum absolute atomic E-state index is 0.664. The number of para-hydroxylation sites is 1. The number of imidazole rings is 1. The van der Waals surface area contributed by atoms with Gasteiger partial charge in [0.1, 0.15) is 11.3 Å². The lowest BCUT2D eigenvalue weighted by atomic mass is 10.3. The van der Waals surface area contributed by atoms with Crippen molar-refractivity contribution in [1.82, 2.24) is 9.55 Å². The van der Waals surface area contributed by atoms with Crippen molar-refractivity contribution in [1.29, 1.82) is 0 Å². The van der Waals surface area contributed by atoms with E-state index in [4.69, 9.17) is 21.7 Å². The Morgan fingerprint density at radius 2 is 2.11 bits per heavy atom. The molecule has 0 aliphatic heterocycles. The first-order valence-electron chi connectivity index (χ1n) is 6.70. The minimum Gasteiger partial charge on any atom is -0.491 e. The second-order valence-corrected chi connectivity index (χ2v) is 4.66. The summed E-state index contributed by atoms with van der Waals surface area (Å²) in [5.41, 5.74) is 2.04. The lowest BCUT2D eigenvalue weighted by molar-refractivity contribution is 0.139. The maximum Gasteiger partial charge on any atom is 0.178 e. The van der Waals surface area contributed by atoms with Gasteiger partial charge >= 0.3 is 0 Å². The molecule has 0 bridgehead atoms. The highest BCUT2D eigenvalue weighted by atomic mass is 32.1. The van der Waals surface area contributed by atoms with E-state index in [2.05, 4.69) is 16.5 Å². The minimum atomic E-state index is 0.664. The quantitative estimate of drug-likeness (QED) is 0.623. The number of hydrogen-bond acceptors (Lipinski definition) is 3. The Bertz CT molecular complexity index is 589. The van der Waals surface area contributed by atoms with Gasteiger partial charge in [0.15, 0.2) is 4.77 Å². The zero-order chi connectivity index (χ0) is 13.7. The number of nitrogens with zero attached hydrogens (tertiary/aromatic N) is 1. The molecule has 0 unspecified atom stereocenters. The maximum atomic E-state index is 5.74. The highest BCUT2D eigenvalue weighted by molar-refractivity contribution is 7.71. The van der Waals surface area contributed by atoms with E-state index in [1.54, 1.807) is 0 Å².